The van der Waals surface area contributed by atoms with Crippen molar-refractivity contribution in [1.82, 2.24) is 5.32 Å². The molecule has 0 saturated heterocycles. The molecule has 0 aromatic carbocycles. The van der Waals surface area contributed by atoms with Gasteiger partial charge < -0.3 is 5.32 Å². The van der Waals surface area contributed by atoms with Crippen LogP contribution in [0.4, 0.5) is 0 Å². The number of fused-ring (bicyclic) bond motifs is 1. The van der Waals surface area contributed by atoms with Crippen molar-refractivity contribution in [2.45, 2.75) is 153 Å². The Bertz CT molecular complexity index is 1470. The standard InChI is InChI=1S/C44H68N2O6/c1-15-31(47)38(51)28(22-27-18-16-19-27)25(2)37(50)35-29(23-30-36(35)44(30,13)14)39(52)40(43(10,11)12)46-34(49)24-45-33(42(7,8)9)21-17-20-32(48)26(3)41(4,5)6/h24,27-30,33,35-36,40H,2-3,15-23H2,1,4-14H3,(H,46,49)/t28?,29?,30-,33+,35?,36?,40?/m0/s1. The Hall–Kier alpha value is -3.03. The zero-order valence-electron chi connectivity index (χ0n) is 34.4. The van der Waals surface area contributed by atoms with Crippen LogP contribution in [-0.4, -0.2) is 53.1 Å². The van der Waals surface area contributed by atoms with Crippen molar-refractivity contribution in [3.63, 3.8) is 0 Å². The van der Waals surface area contributed by atoms with Crippen LogP contribution in [0.5, 0.6) is 0 Å². The van der Waals surface area contributed by atoms with Gasteiger partial charge in [-0.15, -0.1) is 0 Å². The summed E-state index contributed by atoms with van der Waals surface area (Å²) in [7, 11) is 0. The molecule has 3 aliphatic rings. The van der Waals surface area contributed by atoms with Crippen molar-refractivity contribution in [1.29, 1.82) is 0 Å². The summed E-state index contributed by atoms with van der Waals surface area (Å²) in [6.45, 7) is 31.8. The predicted molar refractivity (Wildman–Crippen MR) is 208 cm³/mol. The average molecular weight is 721 g/mol. The Balaban J connectivity index is 1.81. The number of amides is 1. The van der Waals surface area contributed by atoms with E-state index in [-0.39, 0.29) is 69.4 Å². The van der Waals surface area contributed by atoms with Crippen molar-refractivity contribution >= 4 is 41.0 Å². The van der Waals surface area contributed by atoms with E-state index in [0.29, 0.717) is 37.7 Å². The number of nitrogens with zero attached hydrogens (tertiary/aromatic N) is 1. The summed E-state index contributed by atoms with van der Waals surface area (Å²) in [4.78, 5) is 85.8. The monoisotopic (exact) mass is 721 g/mol. The molecule has 0 heterocycles. The van der Waals surface area contributed by atoms with E-state index in [4.69, 9.17) is 0 Å². The summed E-state index contributed by atoms with van der Waals surface area (Å²) in [5.74, 6) is -3.71. The third kappa shape index (κ3) is 9.93. The maximum absolute atomic E-state index is 14.6. The summed E-state index contributed by atoms with van der Waals surface area (Å²) in [5, 5.41) is 2.95. The van der Waals surface area contributed by atoms with Crippen molar-refractivity contribution < 1.29 is 28.8 Å². The molecule has 3 fully saturated rings. The van der Waals surface area contributed by atoms with Gasteiger partial charge in [0, 0.05) is 24.7 Å². The average Bonchev–Trinajstić information content (AvgIpc) is 3.31. The SMILES string of the molecule is C=C(C(=O)C1C(C(=O)C(NC(=O)C=N[C@H](CCCC(=O)C(=C)C(C)(C)C)C(C)(C)C)C(C)(C)C)C[C@H]2C1C2(C)C)C(CC1CCC1)C(=O)C(=O)CC. The molecule has 8 heteroatoms. The molecule has 3 aliphatic carbocycles. The van der Waals surface area contributed by atoms with Gasteiger partial charge in [-0.25, -0.2) is 0 Å². The Morgan fingerprint density at radius 1 is 0.904 bits per heavy atom. The van der Waals surface area contributed by atoms with Gasteiger partial charge in [-0.05, 0) is 76.2 Å². The molecular formula is C44H68N2O6. The van der Waals surface area contributed by atoms with Crippen LogP contribution in [0.15, 0.2) is 29.3 Å². The van der Waals surface area contributed by atoms with Gasteiger partial charge in [0.25, 0.3) is 5.91 Å². The minimum atomic E-state index is -0.885. The molecule has 0 radical (unpaired) electrons. The van der Waals surface area contributed by atoms with E-state index in [2.05, 4.69) is 37.3 Å². The highest BCUT2D eigenvalue weighted by atomic mass is 16.2. The van der Waals surface area contributed by atoms with Gasteiger partial charge in [-0.2, -0.15) is 0 Å². The van der Waals surface area contributed by atoms with Gasteiger partial charge in [0.1, 0.15) is 0 Å². The Labute approximate surface area is 313 Å². The lowest BCUT2D eigenvalue weighted by atomic mass is 9.69. The lowest BCUT2D eigenvalue weighted by molar-refractivity contribution is -0.139. The van der Waals surface area contributed by atoms with E-state index in [9.17, 15) is 28.8 Å². The third-order valence-electron chi connectivity index (χ3n) is 12.5. The second-order valence-corrected chi connectivity index (χ2v) is 19.9. The molecule has 52 heavy (non-hydrogen) atoms. The molecule has 0 bridgehead atoms. The van der Waals surface area contributed by atoms with Crippen LogP contribution in [0.25, 0.3) is 0 Å². The number of nitrogens with one attached hydrogen (secondary N) is 1. The van der Waals surface area contributed by atoms with Crippen molar-refractivity contribution in [3.05, 3.63) is 24.3 Å². The van der Waals surface area contributed by atoms with E-state index in [1.54, 1.807) is 6.92 Å². The van der Waals surface area contributed by atoms with Crippen LogP contribution in [0.2, 0.25) is 0 Å². The van der Waals surface area contributed by atoms with E-state index < -0.39 is 46.7 Å². The molecule has 0 aliphatic heterocycles. The van der Waals surface area contributed by atoms with Gasteiger partial charge in [0.2, 0.25) is 5.78 Å². The zero-order chi connectivity index (χ0) is 39.7. The number of hydrogen-bond acceptors (Lipinski definition) is 7. The number of hydrogen-bond donors (Lipinski definition) is 1. The van der Waals surface area contributed by atoms with E-state index in [0.717, 1.165) is 19.3 Å². The highest BCUT2D eigenvalue weighted by Gasteiger charge is 2.70. The number of carbonyl (C=O) groups is 6. The first kappa shape index (κ1) is 43.4. The minimum absolute atomic E-state index is 0.0371. The molecule has 5 unspecified atom stereocenters. The summed E-state index contributed by atoms with van der Waals surface area (Å²) in [6.07, 6.45) is 6.89. The second kappa shape index (κ2) is 16.1. The van der Waals surface area contributed by atoms with Gasteiger partial charge in [0.15, 0.2) is 23.1 Å². The molecule has 290 valence electrons. The van der Waals surface area contributed by atoms with Gasteiger partial charge in [-0.1, -0.05) is 116 Å². The number of allylic oxidation sites excluding steroid dienone is 2. The van der Waals surface area contributed by atoms with Crippen LogP contribution < -0.4 is 5.32 Å². The predicted octanol–water partition coefficient (Wildman–Crippen LogP) is 8.30. The Morgan fingerprint density at radius 3 is 1.98 bits per heavy atom. The lowest BCUT2D eigenvalue weighted by Crippen LogP contribution is -2.53. The third-order valence-corrected chi connectivity index (χ3v) is 12.5. The summed E-state index contributed by atoms with van der Waals surface area (Å²) in [6, 6.07) is -1.12. The van der Waals surface area contributed by atoms with Crippen LogP contribution >= 0.6 is 0 Å². The number of ketones is 5. The molecule has 8 nitrogen and oxygen atoms in total. The largest absolute Gasteiger partial charge is 0.341 e. The molecule has 0 spiro atoms. The fourth-order valence-corrected chi connectivity index (χ4v) is 8.50. The Morgan fingerprint density at radius 2 is 1.50 bits per heavy atom. The number of carbonyl (C=O) groups excluding carboxylic acids is 6. The van der Waals surface area contributed by atoms with Crippen molar-refractivity contribution in [3.8, 4) is 0 Å². The van der Waals surface area contributed by atoms with Crippen molar-refractivity contribution in [2.24, 2.45) is 62.2 Å². The molecule has 3 saturated carbocycles. The first-order valence-electron chi connectivity index (χ1n) is 19.6. The van der Waals surface area contributed by atoms with Gasteiger partial charge >= 0.3 is 0 Å². The molecule has 7 atom stereocenters. The number of aliphatic imine (C=N–C) groups is 1. The van der Waals surface area contributed by atoms with E-state index in [1.807, 2.05) is 62.3 Å². The van der Waals surface area contributed by atoms with Crippen LogP contribution in [0.3, 0.4) is 0 Å². The van der Waals surface area contributed by atoms with E-state index >= 15 is 0 Å². The number of Topliss-reactive ketones (excluding diaryl/α,β-unsaturated/α-hetero) is 5. The summed E-state index contributed by atoms with van der Waals surface area (Å²) >= 11 is 0. The Kier molecular flexibility index (Phi) is 13.5. The fraction of sp³-hybridized carbons (Fsp3) is 0.750. The fourth-order valence-electron chi connectivity index (χ4n) is 8.50. The molecule has 0 aromatic rings. The second-order valence-electron chi connectivity index (χ2n) is 19.9. The van der Waals surface area contributed by atoms with Crippen molar-refractivity contribution in [2.75, 3.05) is 0 Å². The summed E-state index contributed by atoms with van der Waals surface area (Å²) < 4.78 is 0. The maximum Gasteiger partial charge on any atom is 0.262 e. The molecule has 1 N–H and O–H groups in total. The molecule has 0 aromatic heterocycles. The molecule has 3 rings (SSSR count). The first-order chi connectivity index (χ1) is 23.7. The quantitative estimate of drug-likeness (QED) is 0.0863. The highest BCUT2D eigenvalue weighted by molar-refractivity contribution is 6.39. The minimum Gasteiger partial charge on any atom is -0.341 e. The van der Waals surface area contributed by atoms with E-state index in [1.165, 1.54) is 6.21 Å². The normalized spacial score (nSPS) is 24.6. The van der Waals surface area contributed by atoms with Crippen LogP contribution in [0.1, 0.15) is 141 Å². The van der Waals surface area contributed by atoms with Gasteiger partial charge in [0.05, 0.1) is 24.2 Å². The zero-order valence-corrected chi connectivity index (χ0v) is 34.4. The van der Waals surface area contributed by atoms with Gasteiger partial charge in [-0.3, -0.25) is 33.8 Å². The first-order valence-corrected chi connectivity index (χ1v) is 19.6. The van der Waals surface area contributed by atoms with Crippen LogP contribution in [0, 0.1) is 57.2 Å². The highest BCUT2D eigenvalue weighted by Crippen LogP contribution is 2.71. The smallest absolute Gasteiger partial charge is 0.262 e. The summed E-state index contributed by atoms with van der Waals surface area (Å²) in [5.41, 5.74) is -0.600. The molecule has 1 amide bonds. The lowest BCUT2D eigenvalue weighted by Gasteiger charge is -2.35. The topological polar surface area (TPSA) is 127 Å². The molecular weight excluding hydrogens is 652 g/mol. The number of rotatable bonds is 18. The van der Waals surface area contributed by atoms with Crippen LogP contribution in [-0.2, 0) is 28.8 Å². The maximum atomic E-state index is 14.6.